The van der Waals surface area contributed by atoms with Crippen LogP contribution in [0.25, 0.3) is 0 Å². The van der Waals surface area contributed by atoms with Gasteiger partial charge in [-0.3, -0.25) is 9.59 Å². The van der Waals surface area contributed by atoms with Crippen LogP contribution >= 0.6 is 0 Å². The number of nitrogens with one attached hydrogen (secondary N) is 1. The Morgan fingerprint density at radius 3 is 2.25 bits per heavy atom. The Bertz CT molecular complexity index is 778. The van der Waals surface area contributed by atoms with Crippen LogP contribution in [0.3, 0.4) is 0 Å². The molecule has 2 aliphatic rings. The van der Waals surface area contributed by atoms with Crippen LogP contribution in [-0.4, -0.2) is 76.5 Å². The molecule has 0 saturated carbocycles. The molecule has 1 atom stereocenters. The van der Waals surface area contributed by atoms with Crippen molar-refractivity contribution in [2.24, 2.45) is 0 Å². The van der Waals surface area contributed by atoms with Gasteiger partial charge in [-0.25, -0.2) is 4.79 Å². The molecule has 0 bridgehead atoms. The third kappa shape index (κ3) is 6.23. The van der Waals surface area contributed by atoms with Crippen molar-refractivity contribution in [1.82, 2.24) is 19.9 Å². The molecule has 180 valence electrons. The summed E-state index contributed by atoms with van der Waals surface area (Å²) < 4.78 is 5.34. The summed E-state index contributed by atoms with van der Waals surface area (Å²) >= 11 is 0. The second kappa shape index (κ2) is 11.3. The zero-order valence-electron chi connectivity index (χ0n) is 20.4. The van der Waals surface area contributed by atoms with Gasteiger partial charge in [0.15, 0.2) is 5.82 Å². The fourth-order valence-corrected chi connectivity index (χ4v) is 3.88. The molecule has 2 fully saturated rings. The summed E-state index contributed by atoms with van der Waals surface area (Å²) in [6, 6.07) is 1.07. The average molecular weight is 450 g/mol. The summed E-state index contributed by atoms with van der Waals surface area (Å²) in [7, 11) is 0. The first-order chi connectivity index (χ1) is 15.2. The molecule has 1 aromatic rings. The number of carbonyl (C=O) groups is 3. The summed E-state index contributed by atoms with van der Waals surface area (Å²) in [4.78, 5) is 43.2. The van der Waals surface area contributed by atoms with E-state index in [1.54, 1.807) is 20.8 Å². The SMILES string of the molecule is CC.CCC(=O)N1CCN(C(=O)N2CCCCC2C(=O)Nc2cc(C(C)(C)C)on2)CC1. The van der Waals surface area contributed by atoms with Gasteiger partial charge < -0.3 is 24.5 Å². The lowest BCUT2D eigenvalue weighted by molar-refractivity contribution is -0.132. The van der Waals surface area contributed by atoms with Crippen molar-refractivity contribution in [2.45, 2.75) is 78.7 Å². The number of urea groups is 1. The lowest BCUT2D eigenvalue weighted by Crippen LogP contribution is -2.58. The second-order valence-electron chi connectivity index (χ2n) is 9.02. The van der Waals surface area contributed by atoms with Gasteiger partial charge in [0, 0.05) is 50.6 Å². The molecule has 4 amide bonds. The molecular weight excluding hydrogens is 410 g/mol. The Balaban J connectivity index is 0.00000176. The largest absolute Gasteiger partial charge is 0.359 e. The number of piperidine rings is 1. The number of hydrogen-bond donors (Lipinski definition) is 1. The number of hydrogen-bond acceptors (Lipinski definition) is 5. The number of nitrogens with zero attached hydrogens (tertiary/aromatic N) is 4. The number of piperazine rings is 1. The molecule has 9 nitrogen and oxygen atoms in total. The predicted octanol–water partition coefficient (Wildman–Crippen LogP) is 3.47. The minimum atomic E-state index is -0.531. The molecular formula is C23H39N5O4. The number of amides is 4. The Morgan fingerprint density at radius 1 is 1.06 bits per heavy atom. The van der Waals surface area contributed by atoms with Gasteiger partial charge in [0.1, 0.15) is 11.8 Å². The number of anilines is 1. The zero-order valence-corrected chi connectivity index (χ0v) is 20.4. The quantitative estimate of drug-likeness (QED) is 0.762. The fraction of sp³-hybridized carbons (Fsp3) is 0.739. The molecule has 2 saturated heterocycles. The topological polar surface area (TPSA) is 99.0 Å². The van der Waals surface area contributed by atoms with E-state index in [1.807, 2.05) is 41.5 Å². The minimum absolute atomic E-state index is 0.111. The summed E-state index contributed by atoms with van der Waals surface area (Å²) in [5.74, 6) is 0.930. The fourth-order valence-electron chi connectivity index (χ4n) is 3.88. The number of aromatic nitrogens is 1. The highest BCUT2D eigenvalue weighted by molar-refractivity contribution is 5.96. The maximum Gasteiger partial charge on any atom is 0.320 e. The first-order valence-corrected chi connectivity index (χ1v) is 11.8. The van der Waals surface area contributed by atoms with Crippen LogP contribution in [0, 0.1) is 0 Å². The minimum Gasteiger partial charge on any atom is -0.359 e. The number of carbonyl (C=O) groups excluding carboxylic acids is 3. The van der Waals surface area contributed by atoms with Crippen LogP contribution in [0.15, 0.2) is 10.6 Å². The molecule has 0 radical (unpaired) electrons. The monoisotopic (exact) mass is 449 g/mol. The first-order valence-electron chi connectivity index (χ1n) is 11.8. The lowest BCUT2D eigenvalue weighted by Gasteiger charge is -2.41. The van der Waals surface area contributed by atoms with Crippen molar-refractivity contribution in [3.8, 4) is 0 Å². The van der Waals surface area contributed by atoms with Crippen LogP contribution in [0.5, 0.6) is 0 Å². The summed E-state index contributed by atoms with van der Waals surface area (Å²) in [6.45, 7) is 14.5. The molecule has 2 aliphatic heterocycles. The maximum absolute atomic E-state index is 13.1. The lowest BCUT2D eigenvalue weighted by atomic mass is 9.93. The van der Waals surface area contributed by atoms with Crippen molar-refractivity contribution in [3.63, 3.8) is 0 Å². The molecule has 1 unspecified atom stereocenters. The van der Waals surface area contributed by atoms with Gasteiger partial charge in [0.2, 0.25) is 11.8 Å². The van der Waals surface area contributed by atoms with E-state index in [4.69, 9.17) is 4.52 Å². The van der Waals surface area contributed by atoms with Crippen molar-refractivity contribution in [1.29, 1.82) is 0 Å². The molecule has 32 heavy (non-hydrogen) atoms. The van der Waals surface area contributed by atoms with E-state index in [0.717, 1.165) is 12.8 Å². The van der Waals surface area contributed by atoms with Crippen molar-refractivity contribution in [2.75, 3.05) is 38.0 Å². The molecule has 3 rings (SSSR count). The first kappa shape index (κ1) is 25.7. The third-order valence-electron chi connectivity index (χ3n) is 5.76. The molecule has 1 N–H and O–H groups in total. The van der Waals surface area contributed by atoms with Gasteiger partial charge in [-0.15, -0.1) is 0 Å². The molecule has 9 heteroatoms. The molecule has 0 aromatic carbocycles. The summed E-state index contributed by atoms with van der Waals surface area (Å²) in [5.41, 5.74) is -0.204. The van der Waals surface area contributed by atoms with E-state index in [0.29, 0.717) is 57.1 Å². The summed E-state index contributed by atoms with van der Waals surface area (Å²) in [5, 5.41) is 6.76. The highest BCUT2D eigenvalue weighted by Gasteiger charge is 2.36. The molecule has 0 spiro atoms. The van der Waals surface area contributed by atoms with Crippen LogP contribution in [0.1, 0.15) is 73.0 Å². The standard InChI is InChI=1S/C21H33N5O4.C2H6/c1-5-18(27)24-10-12-25(13-11-24)20(29)26-9-7-6-8-15(26)19(28)22-17-14-16(30-23-17)21(2,3)4;1-2/h14-15H,5-13H2,1-4H3,(H,22,23,28);1-2H3. The van der Waals surface area contributed by atoms with E-state index in [-0.39, 0.29) is 23.3 Å². The van der Waals surface area contributed by atoms with Gasteiger partial charge in [0.05, 0.1) is 0 Å². The highest BCUT2D eigenvalue weighted by atomic mass is 16.5. The molecule has 1 aromatic heterocycles. The predicted molar refractivity (Wildman–Crippen MR) is 123 cm³/mol. The van der Waals surface area contributed by atoms with Crippen LogP contribution in [0.2, 0.25) is 0 Å². The van der Waals surface area contributed by atoms with Gasteiger partial charge in [-0.2, -0.15) is 0 Å². The van der Waals surface area contributed by atoms with E-state index in [2.05, 4.69) is 10.5 Å². The Hall–Kier alpha value is -2.58. The highest BCUT2D eigenvalue weighted by Crippen LogP contribution is 2.25. The molecule has 0 aliphatic carbocycles. The summed E-state index contributed by atoms with van der Waals surface area (Å²) in [6.07, 6.45) is 2.87. The van der Waals surface area contributed by atoms with Gasteiger partial charge in [-0.05, 0) is 19.3 Å². The van der Waals surface area contributed by atoms with Gasteiger partial charge in [0.25, 0.3) is 0 Å². The van der Waals surface area contributed by atoms with Crippen LogP contribution in [0.4, 0.5) is 10.6 Å². The van der Waals surface area contributed by atoms with Crippen molar-refractivity contribution >= 4 is 23.7 Å². The van der Waals surface area contributed by atoms with Crippen molar-refractivity contribution in [3.05, 3.63) is 11.8 Å². The molecule has 3 heterocycles. The van der Waals surface area contributed by atoms with Crippen LogP contribution < -0.4 is 5.32 Å². The van der Waals surface area contributed by atoms with Crippen molar-refractivity contribution < 1.29 is 18.9 Å². The normalized spacial score (nSPS) is 19.2. The van der Waals surface area contributed by atoms with E-state index >= 15 is 0 Å². The van der Waals surface area contributed by atoms with Crippen LogP contribution in [-0.2, 0) is 15.0 Å². The smallest absolute Gasteiger partial charge is 0.320 e. The van der Waals surface area contributed by atoms with E-state index < -0.39 is 6.04 Å². The Labute approximate surface area is 191 Å². The van der Waals surface area contributed by atoms with E-state index in [1.165, 1.54) is 0 Å². The zero-order chi connectivity index (χ0) is 23.9. The Kier molecular flexibility index (Phi) is 9.09. The van der Waals surface area contributed by atoms with Gasteiger partial charge >= 0.3 is 6.03 Å². The number of likely N-dealkylation sites (tertiary alicyclic amines) is 1. The third-order valence-corrected chi connectivity index (χ3v) is 5.76. The van der Waals surface area contributed by atoms with Gasteiger partial charge in [-0.1, -0.05) is 46.7 Å². The van der Waals surface area contributed by atoms with E-state index in [9.17, 15) is 14.4 Å². The maximum atomic E-state index is 13.1. The second-order valence-corrected chi connectivity index (χ2v) is 9.02. The average Bonchev–Trinajstić information content (AvgIpc) is 3.28. The number of rotatable bonds is 3. The Morgan fingerprint density at radius 2 is 1.69 bits per heavy atom.